The highest BCUT2D eigenvalue weighted by Crippen LogP contribution is 2.15. The first kappa shape index (κ1) is 14.7. The van der Waals surface area contributed by atoms with Gasteiger partial charge < -0.3 is 10.2 Å². The minimum Gasteiger partial charge on any atom is -0.370 e. The monoisotopic (exact) mass is 250 g/mol. The van der Waals surface area contributed by atoms with Crippen molar-refractivity contribution in [2.24, 2.45) is 5.92 Å². The fraction of sp³-hybridized carbons (Fsp3) is 0.714. The van der Waals surface area contributed by atoms with E-state index < -0.39 is 0 Å². The lowest BCUT2D eigenvalue weighted by molar-refractivity contribution is 0.686. The summed E-state index contributed by atoms with van der Waals surface area (Å²) in [7, 11) is 0. The molecule has 0 atom stereocenters. The summed E-state index contributed by atoms with van der Waals surface area (Å²) in [6.45, 7) is 11.8. The molecule has 1 rings (SSSR count). The molecule has 0 radical (unpaired) electrons. The van der Waals surface area contributed by atoms with Crippen LogP contribution < -0.4 is 10.2 Å². The van der Waals surface area contributed by atoms with Crippen LogP contribution in [0.2, 0.25) is 0 Å². The van der Waals surface area contributed by atoms with Crippen molar-refractivity contribution in [3.8, 4) is 0 Å². The zero-order chi connectivity index (χ0) is 13.4. The van der Waals surface area contributed by atoms with Crippen LogP contribution in [0.5, 0.6) is 0 Å². The molecular formula is C14H26N4. The number of hydrogen-bond acceptors (Lipinski definition) is 4. The van der Waals surface area contributed by atoms with E-state index in [2.05, 4.69) is 47.9 Å². The smallest absolute Gasteiger partial charge is 0.134 e. The Kier molecular flexibility index (Phi) is 6.47. The third-order valence-electron chi connectivity index (χ3n) is 2.66. The van der Waals surface area contributed by atoms with Gasteiger partial charge in [-0.3, -0.25) is 0 Å². The highest BCUT2D eigenvalue weighted by Gasteiger charge is 2.07. The molecule has 0 aliphatic heterocycles. The van der Waals surface area contributed by atoms with E-state index in [1.807, 2.05) is 6.07 Å². The van der Waals surface area contributed by atoms with Crippen LogP contribution in [0, 0.1) is 5.92 Å². The molecule has 0 aliphatic carbocycles. The van der Waals surface area contributed by atoms with Gasteiger partial charge in [0.1, 0.15) is 18.0 Å². The standard InChI is InChI=1S/C14H26N4/c1-5-7-18(8-6-2)14-9-13(16-11-17-14)15-10-12(3)4/h9,11-12H,5-8,10H2,1-4H3,(H,15,16,17). The van der Waals surface area contributed by atoms with Gasteiger partial charge in [0.25, 0.3) is 0 Å². The molecule has 0 spiro atoms. The summed E-state index contributed by atoms with van der Waals surface area (Å²) in [5, 5.41) is 3.35. The molecule has 1 N–H and O–H groups in total. The van der Waals surface area contributed by atoms with E-state index in [1.54, 1.807) is 6.33 Å². The molecule has 0 aromatic carbocycles. The summed E-state index contributed by atoms with van der Waals surface area (Å²) < 4.78 is 0. The normalized spacial score (nSPS) is 10.7. The number of aromatic nitrogens is 2. The number of hydrogen-bond donors (Lipinski definition) is 1. The molecule has 1 aromatic rings. The highest BCUT2D eigenvalue weighted by molar-refractivity contribution is 5.48. The second-order valence-electron chi connectivity index (χ2n) is 5.02. The van der Waals surface area contributed by atoms with Crippen molar-refractivity contribution >= 4 is 11.6 Å². The van der Waals surface area contributed by atoms with E-state index in [4.69, 9.17) is 0 Å². The number of nitrogens with one attached hydrogen (secondary N) is 1. The Labute approximate surface area is 111 Å². The van der Waals surface area contributed by atoms with Crippen molar-refractivity contribution in [3.05, 3.63) is 12.4 Å². The fourth-order valence-electron chi connectivity index (χ4n) is 1.81. The van der Waals surface area contributed by atoms with E-state index in [0.29, 0.717) is 5.92 Å². The Morgan fingerprint density at radius 3 is 2.39 bits per heavy atom. The maximum atomic E-state index is 4.38. The molecule has 18 heavy (non-hydrogen) atoms. The van der Waals surface area contributed by atoms with Gasteiger partial charge in [-0.2, -0.15) is 0 Å². The fourth-order valence-corrected chi connectivity index (χ4v) is 1.81. The van der Waals surface area contributed by atoms with Gasteiger partial charge in [0, 0.05) is 25.7 Å². The van der Waals surface area contributed by atoms with Gasteiger partial charge in [0.15, 0.2) is 0 Å². The third-order valence-corrected chi connectivity index (χ3v) is 2.66. The van der Waals surface area contributed by atoms with Crippen LogP contribution in [0.1, 0.15) is 40.5 Å². The van der Waals surface area contributed by atoms with Crippen molar-refractivity contribution < 1.29 is 0 Å². The van der Waals surface area contributed by atoms with E-state index in [1.165, 1.54) is 0 Å². The molecule has 4 heteroatoms. The maximum absolute atomic E-state index is 4.38. The Morgan fingerprint density at radius 2 is 1.83 bits per heavy atom. The van der Waals surface area contributed by atoms with Gasteiger partial charge in [-0.25, -0.2) is 9.97 Å². The molecule has 0 saturated carbocycles. The molecule has 102 valence electrons. The van der Waals surface area contributed by atoms with Crippen LogP contribution in [0.25, 0.3) is 0 Å². The topological polar surface area (TPSA) is 41.0 Å². The molecule has 0 bridgehead atoms. The molecule has 0 saturated heterocycles. The van der Waals surface area contributed by atoms with Crippen LogP contribution >= 0.6 is 0 Å². The largest absolute Gasteiger partial charge is 0.370 e. The first-order chi connectivity index (χ1) is 8.67. The van der Waals surface area contributed by atoms with E-state index >= 15 is 0 Å². The zero-order valence-corrected chi connectivity index (χ0v) is 12.1. The van der Waals surface area contributed by atoms with Crippen LogP contribution in [0.15, 0.2) is 12.4 Å². The molecule has 0 amide bonds. The molecule has 0 aliphatic rings. The van der Waals surface area contributed by atoms with Gasteiger partial charge in [-0.05, 0) is 18.8 Å². The summed E-state index contributed by atoms with van der Waals surface area (Å²) in [6, 6.07) is 2.05. The molecule has 1 aromatic heterocycles. The Bertz CT molecular complexity index is 332. The molecule has 0 fully saturated rings. The van der Waals surface area contributed by atoms with E-state index in [0.717, 1.165) is 44.1 Å². The number of anilines is 2. The van der Waals surface area contributed by atoms with Gasteiger partial charge >= 0.3 is 0 Å². The van der Waals surface area contributed by atoms with Gasteiger partial charge in [-0.15, -0.1) is 0 Å². The van der Waals surface area contributed by atoms with Gasteiger partial charge in [-0.1, -0.05) is 27.7 Å². The molecule has 4 nitrogen and oxygen atoms in total. The van der Waals surface area contributed by atoms with Crippen molar-refractivity contribution in [2.75, 3.05) is 29.9 Å². The van der Waals surface area contributed by atoms with E-state index in [-0.39, 0.29) is 0 Å². The average molecular weight is 250 g/mol. The SMILES string of the molecule is CCCN(CCC)c1cc(NCC(C)C)ncn1. The quantitative estimate of drug-likeness (QED) is 0.769. The second-order valence-corrected chi connectivity index (χ2v) is 5.02. The van der Waals surface area contributed by atoms with Crippen LogP contribution in [0.4, 0.5) is 11.6 Å². The van der Waals surface area contributed by atoms with Gasteiger partial charge in [0.05, 0.1) is 0 Å². The lowest BCUT2D eigenvalue weighted by atomic mass is 10.2. The minimum atomic E-state index is 0.616. The summed E-state index contributed by atoms with van der Waals surface area (Å²) in [6.07, 6.45) is 3.92. The van der Waals surface area contributed by atoms with Crippen LogP contribution in [-0.2, 0) is 0 Å². The minimum absolute atomic E-state index is 0.616. The summed E-state index contributed by atoms with van der Waals surface area (Å²) in [4.78, 5) is 11.0. The predicted molar refractivity (Wildman–Crippen MR) is 78.2 cm³/mol. The first-order valence-corrected chi connectivity index (χ1v) is 6.98. The molecular weight excluding hydrogens is 224 g/mol. The summed E-state index contributed by atoms with van der Waals surface area (Å²) in [5.74, 6) is 2.57. The number of nitrogens with zero attached hydrogens (tertiary/aromatic N) is 3. The van der Waals surface area contributed by atoms with Crippen LogP contribution in [0.3, 0.4) is 0 Å². The van der Waals surface area contributed by atoms with Gasteiger partial charge in [0.2, 0.25) is 0 Å². The molecule has 0 unspecified atom stereocenters. The Morgan fingerprint density at radius 1 is 1.17 bits per heavy atom. The third kappa shape index (κ3) is 4.90. The first-order valence-electron chi connectivity index (χ1n) is 6.98. The second kappa shape index (κ2) is 7.90. The van der Waals surface area contributed by atoms with Crippen molar-refractivity contribution in [1.82, 2.24) is 9.97 Å². The Hall–Kier alpha value is -1.32. The summed E-state index contributed by atoms with van der Waals surface area (Å²) >= 11 is 0. The zero-order valence-electron chi connectivity index (χ0n) is 12.1. The van der Waals surface area contributed by atoms with Crippen molar-refractivity contribution in [1.29, 1.82) is 0 Å². The molecule has 1 heterocycles. The number of rotatable bonds is 8. The predicted octanol–water partition coefficient (Wildman–Crippen LogP) is 3.17. The highest BCUT2D eigenvalue weighted by atomic mass is 15.2. The maximum Gasteiger partial charge on any atom is 0.134 e. The summed E-state index contributed by atoms with van der Waals surface area (Å²) in [5.41, 5.74) is 0. The lowest BCUT2D eigenvalue weighted by Crippen LogP contribution is -2.26. The average Bonchev–Trinajstić information content (AvgIpc) is 2.36. The Balaban J connectivity index is 2.71. The van der Waals surface area contributed by atoms with Crippen LogP contribution in [-0.4, -0.2) is 29.6 Å². The van der Waals surface area contributed by atoms with E-state index in [9.17, 15) is 0 Å². The lowest BCUT2D eigenvalue weighted by Gasteiger charge is -2.22. The van der Waals surface area contributed by atoms with Crippen molar-refractivity contribution in [2.45, 2.75) is 40.5 Å². The van der Waals surface area contributed by atoms with Crippen molar-refractivity contribution in [3.63, 3.8) is 0 Å².